The van der Waals surface area contributed by atoms with E-state index in [1.165, 1.54) is 12.4 Å². The Bertz CT molecular complexity index is 604. The number of benzene rings is 1. The Labute approximate surface area is 128 Å². The summed E-state index contributed by atoms with van der Waals surface area (Å²) in [6, 6.07) is 5.07. The summed E-state index contributed by atoms with van der Waals surface area (Å²) in [6.45, 7) is 0. The smallest absolute Gasteiger partial charge is 0.229 e. The highest BCUT2D eigenvalue weighted by Crippen LogP contribution is 2.22. The van der Waals surface area contributed by atoms with Crippen LogP contribution >= 0.6 is 39.1 Å². The van der Waals surface area contributed by atoms with Crippen LogP contribution in [0.1, 0.15) is 5.56 Å². The van der Waals surface area contributed by atoms with Crippen LogP contribution in [0.2, 0.25) is 10.0 Å². The van der Waals surface area contributed by atoms with Gasteiger partial charge in [-0.25, -0.2) is 9.97 Å². The fourth-order valence-electron chi connectivity index (χ4n) is 1.40. The molecule has 7 heteroatoms. The van der Waals surface area contributed by atoms with Gasteiger partial charge in [0, 0.05) is 0 Å². The van der Waals surface area contributed by atoms with Gasteiger partial charge < -0.3 is 5.32 Å². The molecule has 1 amide bonds. The number of hydrogen-bond acceptors (Lipinski definition) is 3. The van der Waals surface area contributed by atoms with Crippen LogP contribution < -0.4 is 5.32 Å². The molecule has 0 aliphatic carbocycles. The Morgan fingerprint density at radius 2 is 2.00 bits per heavy atom. The van der Waals surface area contributed by atoms with Gasteiger partial charge in [-0.1, -0.05) is 29.3 Å². The SMILES string of the molecule is O=C(Cc1ccc(Cl)c(Cl)c1)Nc1cnc(Br)cn1. The minimum absolute atomic E-state index is 0.189. The Hall–Kier alpha value is -1.17. The fraction of sp³-hybridized carbons (Fsp3) is 0.0833. The highest BCUT2D eigenvalue weighted by molar-refractivity contribution is 9.10. The van der Waals surface area contributed by atoms with Crippen molar-refractivity contribution in [3.63, 3.8) is 0 Å². The number of carbonyl (C=O) groups is 1. The van der Waals surface area contributed by atoms with Crippen LogP contribution in [-0.2, 0) is 11.2 Å². The summed E-state index contributed by atoms with van der Waals surface area (Å²) in [6.07, 6.45) is 3.17. The predicted octanol–water partition coefficient (Wildman–Crippen LogP) is 3.73. The van der Waals surface area contributed by atoms with Gasteiger partial charge in [0.1, 0.15) is 4.60 Å². The lowest BCUT2D eigenvalue weighted by atomic mass is 10.1. The molecule has 1 aromatic carbocycles. The Morgan fingerprint density at radius 1 is 1.21 bits per heavy atom. The molecule has 2 aromatic rings. The van der Waals surface area contributed by atoms with E-state index < -0.39 is 0 Å². The molecule has 4 nitrogen and oxygen atoms in total. The molecule has 0 unspecified atom stereocenters. The van der Waals surface area contributed by atoms with E-state index in [-0.39, 0.29) is 12.3 Å². The quantitative estimate of drug-likeness (QED) is 0.907. The number of nitrogens with one attached hydrogen (secondary N) is 1. The largest absolute Gasteiger partial charge is 0.309 e. The molecule has 0 aliphatic heterocycles. The number of nitrogens with zero attached hydrogens (tertiary/aromatic N) is 2. The molecule has 0 aliphatic rings. The highest BCUT2D eigenvalue weighted by Gasteiger charge is 2.07. The second-order valence-electron chi connectivity index (χ2n) is 3.70. The molecule has 19 heavy (non-hydrogen) atoms. The van der Waals surface area contributed by atoms with E-state index >= 15 is 0 Å². The third-order valence-corrected chi connectivity index (χ3v) is 3.39. The lowest BCUT2D eigenvalue weighted by Crippen LogP contribution is -2.15. The molecule has 1 aromatic heterocycles. The van der Waals surface area contributed by atoms with Crippen molar-refractivity contribution in [1.82, 2.24) is 9.97 Å². The number of amides is 1. The van der Waals surface area contributed by atoms with Gasteiger partial charge in [0.05, 0.1) is 28.9 Å². The van der Waals surface area contributed by atoms with Crippen molar-refractivity contribution in [2.24, 2.45) is 0 Å². The molecular formula is C12H8BrCl2N3O. The first-order valence-corrected chi connectivity index (χ1v) is 6.81. The van der Waals surface area contributed by atoms with Crippen molar-refractivity contribution in [3.8, 4) is 0 Å². The second kappa shape index (κ2) is 6.32. The lowest BCUT2D eigenvalue weighted by molar-refractivity contribution is -0.115. The van der Waals surface area contributed by atoms with Gasteiger partial charge in [-0.2, -0.15) is 0 Å². The van der Waals surface area contributed by atoms with Gasteiger partial charge >= 0.3 is 0 Å². The second-order valence-corrected chi connectivity index (χ2v) is 5.32. The van der Waals surface area contributed by atoms with Gasteiger partial charge in [-0.15, -0.1) is 0 Å². The molecule has 0 atom stereocenters. The Kier molecular flexibility index (Phi) is 4.74. The molecule has 1 heterocycles. The molecule has 0 radical (unpaired) electrons. The number of carbonyl (C=O) groups excluding carboxylic acids is 1. The molecule has 0 spiro atoms. The van der Waals surface area contributed by atoms with Crippen LogP contribution in [-0.4, -0.2) is 15.9 Å². The van der Waals surface area contributed by atoms with Gasteiger partial charge in [0.15, 0.2) is 5.82 Å². The highest BCUT2D eigenvalue weighted by atomic mass is 79.9. The van der Waals surface area contributed by atoms with E-state index in [0.717, 1.165) is 5.56 Å². The topological polar surface area (TPSA) is 54.9 Å². The average molecular weight is 361 g/mol. The minimum Gasteiger partial charge on any atom is -0.309 e. The van der Waals surface area contributed by atoms with Crippen LogP contribution in [0.5, 0.6) is 0 Å². The summed E-state index contributed by atoms with van der Waals surface area (Å²) in [5, 5.41) is 3.53. The van der Waals surface area contributed by atoms with Crippen LogP contribution in [0.25, 0.3) is 0 Å². The zero-order valence-corrected chi connectivity index (χ0v) is 12.6. The van der Waals surface area contributed by atoms with Gasteiger partial charge in [0.2, 0.25) is 5.91 Å². The van der Waals surface area contributed by atoms with E-state index in [1.54, 1.807) is 18.2 Å². The van der Waals surface area contributed by atoms with Crippen molar-refractivity contribution in [1.29, 1.82) is 0 Å². The minimum atomic E-state index is -0.199. The summed E-state index contributed by atoms with van der Waals surface area (Å²) < 4.78 is 0.606. The first-order chi connectivity index (χ1) is 9.04. The van der Waals surface area contributed by atoms with Crippen molar-refractivity contribution in [2.75, 3.05) is 5.32 Å². The molecule has 2 rings (SSSR count). The summed E-state index contributed by atoms with van der Waals surface area (Å²) in [4.78, 5) is 19.8. The van der Waals surface area contributed by atoms with Crippen molar-refractivity contribution >= 4 is 50.9 Å². The maximum atomic E-state index is 11.8. The summed E-state index contributed by atoms with van der Waals surface area (Å²) in [7, 11) is 0. The van der Waals surface area contributed by atoms with E-state index in [2.05, 4.69) is 31.2 Å². The number of rotatable bonds is 3. The van der Waals surface area contributed by atoms with Crippen molar-refractivity contribution in [2.45, 2.75) is 6.42 Å². The van der Waals surface area contributed by atoms with Crippen LogP contribution in [0.4, 0.5) is 5.82 Å². The molecule has 0 saturated carbocycles. The number of anilines is 1. The van der Waals surface area contributed by atoms with Gasteiger partial charge in [0.25, 0.3) is 0 Å². The van der Waals surface area contributed by atoms with Crippen LogP contribution in [0.15, 0.2) is 35.2 Å². The normalized spacial score (nSPS) is 10.3. The zero-order valence-electron chi connectivity index (χ0n) is 9.53. The number of aromatic nitrogens is 2. The van der Waals surface area contributed by atoms with Crippen LogP contribution in [0.3, 0.4) is 0 Å². The molecular weight excluding hydrogens is 353 g/mol. The molecule has 0 bridgehead atoms. The molecule has 1 N–H and O–H groups in total. The fourth-order valence-corrected chi connectivity index (χ4v) is 1.92. The Morgan fingerprint density at radius 3 is 2.63 bits per heavy atom. The van der Waals surface area contributed by atoms with E-state index in [4.69, 9.17) is 23.2 Å². The molecule has 0 saturated heterocycles. The first-order valence-electron chi connectivity index (χ1n) is 5.26. The van der Waals surface area contributed by atoms with Crippen molar-refractivity contribution in [3.05, 3.63) is 50.8 Å². The average Bonchev–Trinajstić information content (AvgIpc) is 2.37. The van der Waals surface area contributed by atoms with Gasteiger partial charge in [-0.3, -0.25) is 4.79 Å². The monoisotopic (exact) mass is 359 g/mol. The zero-order chi connectivity index (χ0) is 13.8. The first kappa shape index (κ1) is 14.2. The summed E-state index contributed by atoms with van der Waals surface area (Å²) >= 11 is 14.9. The summed E-state index contributed by atoms with van der Waals surface area (Å²) in [5.41, 5.74) is 0.775. The predicted molar refractivity (Wildman–Crippen MR) is 78.5 cm³/mol. The van der Waals surface area contributed by atoms with E-state index in [9.17, 15) is 4.79 Å². The van der Waals surface area contributed by atoms with E-state index in [1.807, 2.05) is 0 Å². The van der Waals surface area contributed by atoms with Gasteiger partial charge in [-0.05, 0) is 33.6 Å². The Balaban J connectivity index is 2.01. The standard InChI is InChI=1S/C12H8BrCl2N3O/c13-10-5-17-11(6-16-10)18-12(19)4-7-1-2-8(14)9(15)3-7/h1-3,5-6H,4H2,(H,17,18,19). The maximum absolute atomic E-state index is 11.8. The molecule has 98 valence electrons. The summed E-state index contributed by atoms with van der Waals surface area (Å²) in [5.74, 6) is 0.197. The number of halogens is 3. The maximum Gasteiger partial charge on any atom is 0.229 e. The lowest BCUT2D eigenvalue weighted by Gasteiger charge is -2.05. The van der Waals surface area contributed by atoms with Crippen LogP contribution in [0, 0.1) is 0 Å². The third kappa shape index (κ3) is 4.16. The number of hydrogen-bond donors (Lipinski definition) is 1. The third-order valence-electron chi connectivity index (χ3n) is 2.24. The van der Waals surface area contributed by atoms with Crippen molar-refractivity contribution < 1.29 is 4.79 Å². The van der Waals surface area contributed by atoms with E-state index in [0.29, 0.717) is 20.5 Å². The molecule has 0 fully saturated rings.